The lowest BCUT2D eigenvalue weighted by molar-refractivity contribution is 0.0858. The van der Waals surface area contributed by atoms with Crippen LogP contribution in [0.25, 0.3) is 0 Å². The van der Waals surface area contributed by atoms with Crippen molar-refractivity contribution in [1.29, 1.82) is 0 Å². The first-order valence-electron chi connectivity index (χ1n) is 8.89. The van der Waals surface area contributed by atoms with Gasteiger partial charge in [0.05, 0.1) is 12.6 Å². The highest BCUT2D eigenvalue weighted by Gasteiger charge is 2.24. The summed E-state index contributed by atoms with van der Waals surface area (Å²) in [6.07, 6.45) is 2.62. The van der Waals surface area contributed by atoms with Gasteiger partial charge in [-0.1, -0.05) is 30.3 Å². The first kappa shape index (κ1) is 18.1. The van der Waals surface area contributed by atoms with Gasteiger partial charge in [-0.25, -0.2) is 0 Å². The van der Waals surface area contributed by atoms with Gasteiger partial charge in [0.2, 0.25) is 0 Å². The van der Waals surface area contributed by atoms with Gasteiger partial charge in [-0.2, -0.15) is 5.10 Å². The third kappa shape index (κ3) is 4.29. The Morgan fingerprint density at radius 3 is 2.50 bits per heavy atom. The van der Waals surface area contributed by atoms with Crippen molar-refractivity contribution in [2.45, 2.75) is 44.4 Å². The van der Waals surface area contributed by atoms with Gasteiger partial charge in [-0.05, 0) is 31.2 Å². The Hall–Kier alpha value is -2.67. The summed E-state index contributed by atoms with van der Waals surface area (Å²) < 4.78 is 1.56. The normalized spacial score (nSPS) is 19.8. The molecule has 0 saturated heterocycles. The van der Waals surface area contributed by atoms with Crippen LogP contribution in [0.5, 0.6) is 0 Å². The van der Waals surface area contributed by atoms with E-state index in [0.717, 1.165) is 18.4 Å². The van der Waals surface area contributed by atoms with Gasteiger partial charge in [-0.15, -0.1) is 0 Å². The average Bonchev–Trinajstić information content (AvgIpc) is 3.07. The third-order valence-corrected chi connectivity index (χ3v) is 4.68. The minimum atomic E-state index is -0.327. The Bertz CT molecular complexity index is 764. The van der Waals surface area contributed by atoms with Crippen molar-refractivity contribution in [2.75, 3.05) is 7.05 Å². The van der Waals surface area contributed by atoms with Gasteiger partial charge in [0, 0.05) is 19.2 Å². The van der Waals surface area contributed by atoms with Gasteiger partial charge in [0.25, 0.3) is 11.8 Å². The van der Waals surface area contributed by atoms with Gasteiger partial charge in [-0.3, -0.25) is 14.3 Å². The summed E-state index contributed by atoms with van der Waals surface area (Å²) in [4.78, 5) is 24.7. The van der Waals surface area contributed by atoms with Crippen LogP contribution in [0.1, 0.15) is 52.2 Å². The predicted molar refractivity (Wildman–Crippen MR) is 96.9 cm³/mol. The summed E-state index contributed by atoms with van der Waals surface area (Å²) in [6.45, 7) is 0.407. The molecule has 0 unspecified atom stereocenters. The first-order chi connectivity index (χ1) is 12.6. The number of aromatic nitrogens is 2. The maximum Gasteiger partial charge on any atom is 0.271 e. The van der Waals surface area contributed by atoms with E-state index in [4.69, 9.17) is 0 Å². The molecule has 0 bridgehead atoms. The molecule has 3 rings (SSSR count). The standard InChI is InChI=1S/C19H24N4O3/c1-20-18(25)16-11-17(19(26)21-14-7-9-15(24)10-8-14)23(22-16)12-13-5-3-2-4-6-13/h2-6,11,14-15,24H,7-10,12H2,1H3,(H,20,25)(H,21,26)/t14-,15-. The second-order valence-electron chi connectivity index (χ2n) is 6.62. The molecule has 1 aromatic heterocycles. The lowest BCUT2D eigenvalue weighted by atomic mass is 9.93. The second-order valence-corrected chi connectivity index (χ2v) is 6.62. The molecule has 0 radical (unpaired) electrons. The smallest absolute Gasteiger partial charge is 0.271 e. The number of aliphatic hydroxyl groups excluding tert-OH is 1. The van der Waals surface area contributed by atoms with Crippen LogP contribution in [-0.2, 0) is 6.54 Å². The predicted octanol–water partition coefficient (Wildman–Crippen LogP) is 1.32. The van der Waals surface area contributed by atoms with E-state index in [0.29, 0.717) is 25.1 Å². The number of nitrogens with one attached hydrogen (secondary N) is 2. The third-order valence-electron chi connectivity index (χ3n) is 4.68. The van der Waals surface area contributed by atoms with Crippen LogP contribution in [0.2, 0.25) is 0 Å². The largest absolute Gasteiger partial charge is 0.393 e. The number of carbonyl (C=O) groups excluding carboxylic acids is 2. The molecule has 7 nitrogen and oxygen atoms in total. The summed E-state index contributed by atoms with van der Waals surface area (Å²) in [5.74, 6) is -0.573. The van der Waals surface area contributed by atoms with Crippen LogP contribution in [0.3, 0.4) is 0 Å². The SMILES string of the molecule is CNC(=O)c1cc(C(=O)N[C@H]2CC[C@H](O)CC2)n(Cc2ccccc2)n1. The van der Waals surface area contributed by atoms with E-state index in [9.17, 15) is 14.7 Å². The molecule has 1 fully saturated rings. The maximum atomic E-state index is 12.8. The molecule has 1 aromatic carbocycles. The minimum Gasteiger partial charge on any atom is -0.393 e. The van der Waals surface area contributed by atoms with Crippen LogP contribution < -0.4 is 10.6 Å². The van der Waals surface area contributed by atoms with Crippen molar-refractivity contribution in [1.82, 2.24) is 20.4 Å². The van der Waals surface area contributed by atoms with Crippen LogP contribution in [0.15, 0.2) is 36.4 Å². The van der Waals surface area contributed by atoms with Gasteiger partial charge < -0.3 is 15.7 Å². The van der Waals surface area contributed by atoms with Crippen molar-refractivity contribution in [3.8, 4) is 0 Å². The van der Waals surface area contributed by atoms with E-state index >= 15 is 0 Å². The Balaban J connectivity index is 1.80. The molecule has 3 N–H and O–H groups in total. The lowest BCUT2D eigenvalue weighted by Gasteiger charge is -2.26. The number of hydrogen-bond donors (Lipinski definition) is 3. The minimum absolute atomic E-state index is 0.0365. The van der Waals surface area contributed by atoms with Gasteiger partial charge in [0.15, 0.2) is 5.69 Å². The van der Waals surface area contributed by atoms with Gasteiger partial charge in [0.1, 0.15) is 5.69 Å². The molecule has 2 amide bonds. The number of rotatable bonds is 5. The van der Waals surface area contributed by atoms with Gasteiger partial charge >= 0.3 is 0 Å². The molecule has 26 heavy (non-hydrogen) atoms. The zero-order chi connectivity index (χ0) is 18.5. The summed E-state index contributed by atoms with van der Waals surface area (Å²) in [6, 6.07) is 11.2. The van der Waals surface area contributed by atoms with E-state index in [2.05, 4.69) is 15.7 Å². The van der Waals surface area contributed by atoms with Crippen molar-refractivity contribution in [3.05, 3.63) is 53.3 Å². The summed E-state index contributed by atoms with van der Waals surface area (Å²) in [5.41, 5.74) is 1.57. The fourth-order valence-corrected chi connectivity index (χ4v) is 3.19. The molecule has 1 aliphatic carbocycles. The fraction of sp³-hybridized carbons (Fsp3) is 0.421. The second kappa shape index (κ2) is 8.14. The van der Waals surface area contributed by atoms with E-state index in [1.165, 1.54) is 13.1 Å². The van der Waals surface area contributed by atoms with Crippen molar-refractivity contribution >= 4 is 11.8 Å². The Kier molecular flexibility index (Phi) is 5.68. The fourth-order valence-electron chi connectivity index (χ4n) is 3.19. The van der Waals surface area contributed by atoms with Crippen LogP contribution in [-0.4, -0.2) is 45.9 Å². The zero-order valence-electron chi connectivity index (χ0n) is 14.8. The van der Waals surface area contributed by atoms with Crippen molar-refractivity contribution < 1.29 is 14.7 Å². The quantitative estimate of drug-likeness (QED) is 0.753. The monoisotopic (exact) mass is 356 g/mol. The van der Waals surface area contributed by atoms with E-state index in [1.807, 2.05) is 30.3 Å². The number of amides is 2. The highest BCUT2D eigenvalue weighted by atomic mass is 16.3. The number of benzene rings is 1. The summed E-state index contributed by atoms with van der Waals surface area (Å²) in [7, 11) is 1.53. The van der Waals surface area contributed by atoms with E-state index in [1.54, 1.807) is 4.68 Å². The first-order valence-corrected chi connectivity index (χ1v) is 8.89. The molecule has 1 saturated carbocycles. The highest BCUT2D eigenvalue weighted by Crippen LogP contribution is 2.19. The molecule has 0 aliphatic heterocycles. The molecule has 1 aliphatic rings. The molecule has 0 atom stereocenters. The molecular weight excluding hydrogens is 332 g/mol. The zero-order valence-corrected chi connectivity index (χ0v) is 14.8. The van der Waals surface area contributed by atoms with Crippen LogP contribution >= 0.6 is 0 Å². The number of carbonyl (C=O) groups is 2. The van der Waals surface area contributed by atoms with E-state index < -0.39 is 0 Å². The van der Waals surface area contributed by atoms with Crippen LogP contribution in [0.4, 0.5) is 0 Å². The molecule has 7 heteroatoms. The lowest BCUT2D eigenvalue weighted by Crippen LogP contribution is -2.39. The summed E-state index contributed by atoms with van der Waals surface area (Å²) >= 11 is 0. The number of hydrogen-bond acceptors (Lipinski definition) is 4. The topological polar surface area (TPSA) is 96.3 Å². The average molecular weight is 356 g/mol. The molecule has 0 spiro atoms. The van der Waals surface area contributed by atoms with Crippen LogP contribution in [0, 0.1) is 0 Å². The van der Waals surface area contributed by atoms with Crippen molar-refractivity contribution in [2.24, 2.45) is 0 Å². The molecular formula is C19H24N4O3. The molecule has 2 aromatic rings. The Morgan fingerprint density at radius 1 is 1.15 bits per heavy atom. The van der Waals surface area contributed by atoms with Crippen molar-refractivity contribution in [3.63, 3.8) is 0 Å². The number of nitrogens with zero attached hydrogens (tertiary/aromatic N) is 2. The number of aliphatic hydroxyl groups is 1. The highest BCUT2D eigenvalue weighted by molar-refractivity contribution is 5.97. The molecule has 138 valence electrons. The summed E-state index contributed by atoms with van der Waals surface area (Å²) in [5, 5.41) is 19.5. The maximum absolute atomic E-state index is 12.8. The van der Waals surface area contributed by atoms with E-state index in [-0.39, 0.29) is 29.7 Å². The Morgan fingerprint density at radius 2 is 1.85 bits per heavy atom. The molecule has 1 heterocycles. The Labute approximate surface area is 152 Å².